The average molecular weight is 504 g/mol. The molecule has 3 aromatic rings. The van der Waals surface area contributed by atoms with Gasteiger partial charge in [0.1, 0.15) is 0 Å². The summed E-state index contributed by atoms with van der Waals surface area (Å²) in [6.07, 6.45) is 5.48. The van der Waals surface area contributed by atoms with Crippen LogP contribution < -0.4 is 5.32 Å². The largest absolute Gasteiger partial charge is 0.353 e. The summed E-state index contributed by atoms with van der Waals surface area (Å²) >= 11 is 0. The number of aromatic nitrogens is 3. The van der Waals surface area contributed by atoms with Gasteiger partial charge in [-0.15, -0.1) is 24.0 Å². The van der Waals surface area contributed by atoms with Crippen LogP contribution in [-0.4, -0.2) is 39.3 Å². The normalized spacial score (nSPS) is 13.1. The molecule has 0 fully saturated rings. The smallest absolute Gasteiger partial charge is 0.194 e. The molecule has 1 N–H and O–H groups in total. The highest BCUT2D eigenvalue weighted by atomic mass is 127. The zero-order valence-corrected chi connectivity index (χ0v) is 19.6. The lowest BCUT2D eigenvalue weighted by atomic mass is 10.2. The van der Waals surface area contributed by atoms with Crippen molar-refractivity contribution in [1.29, 1.82) is 0 Å². The summed E-state index contributed by atoms with van der Waals surface area (Å²) in [7, 11) is 5.96. The Morgan fingerprint density at radius 2 is 1.97 bits per heavy atom. The van der Waals surface area contributed by atoms with Crippen LogP contribution in [0.3, 0.4) is 0 Å². The van der Waals surface area contributed by atoms with Gasteiger partial charge in [-0.1, -0.05) is 18.2 Å². The fourth-order valence-electron chi connectivity index (χ4n) is 3.96. The van der Waals surface area contributed by atoms with Crippen molar-refractivity contribution in [2.24, 2.45) is 12.0 Å². The average Bonchev–Trinajstić information content (AvgIpc) is 3.41. The number of benzene rings is 1. The number of rotatable bonds is 5. The van der Waals surface area contributed by atoms with Crippen molar-refractivity contribution in [3.05, 3.63) is 71.3 Å². The van der Waals surface area contributed by atoms with Gasteiger partial charge in [0.25, 0.3) is 0 Å². The molecule has 2 aromatic heterocycles. The van der Waals surface area contributed by atoms with Gasteiger partial charge in [-0.3, -0.25) is 4.99 Å². The number of para-hydroxylation sites is 1. The summed E-state index contributed by atoms with van der Waals surface area (Å²) < 4.78 is 4.26. The molecule has 1 aliphatic carbocycles. The molecule has 7 heteroatoms. The van der Waals surface area contributed by atoms with Gasteiger partial charge in [0, 0.05) is 38.7 Å². The number of nitrogens with one attached hydrogen (secondary N) is 1. The molecular weight excluding hydrogens is 475 g/mol. The van der Waals surface area contributed by atoms with Crippen LogP contribution in [0.4, 0.5) is 0 Å². The lowest BCUT2D eigenvalue weighted by Gasteiger charge is -2.22. The van der Waals surface area contributed by atoms with Crippen molar-refractivity contribution < 1.29 is 0 Å². The van der Waals surface area contributed by atoms with Gasteiger partial charge in [-0.05, 0) is 49.1 Å². The first-order valence-corrected chi connectivity index (χ1v) is 9.84. The molecule has 0 saturated heterocycles. The predicted octanol–water partition coefficient (Wildman–Crippen LogP) is 3.52. The molecule has 2 heterocycles. The van der Waals surface area contributed by atoms with Crippen molar-refractivity contribution in [1.82, 2.24) is 24.6 Å². The standard InChI is InChI=1S/C22H28N6.HI/c1-23-22(27(3)16-18-11-8-14-26(18)2)24-15-20-19-12-7-13-21(19)28(25-20)17-9-5-4-6-10-17;/h4-6,8-11,14H,7,12-13,15-16H2,1-3H3,(H,23,24);1H. The highest BCUT2D eigenvalue weighted by Crippen LogP contribution is 2.27. The molecule has 29 heavy (non-hydrogen) atoms. The Morgan fingerprint density at radius 1 is 1.17 bits per heavy atom. The first kappa shape index (κ1) is 21.4. The maximum absolute atomic E-state index is 4.93. The van der Waals surface area contributed by atoms with E-state index in [4.69, 9.17) is 5.10 Å². The van der Waals surface area contributed by atoms with Crippen LogP contribution in [0, 0.1) is 0 Å². The molecule has 1 aromatic carbocycles. The van der Waals surface area contributed by atoms with Crippen LogP contribution >= 0.6 is 24.0 Å². The maximum atomic E-state index is 4.93. The van der Waals surface area contributed by atoms with Gasteiger partial charge < -0.3 is 14.8 Å². The maximum Gasteiger partial charge on any atom is 0.194 e. The van der Waals surface area contributed by atoms with Crippen LogP contribution in [0.25, 0.3) is 5.69 Å². The highest BCUT2D eigenvalue weighted by molar-refractivity contribution is 14.0. The fraction of sp³-hybridized carbons (Fsp3) is 0.364. The lowest BCUT2D eigenvalue weighted by Crippen LogP contribution is -2.38. The Bertz CT molecular complexity index is 973. The third-order valence-corrected chi connectivity index (χ3v) is 5.45. The van der Waals surface area contributed by atoms with Crippen molar-refractivity contribution in [2.75, 3.05) is 14.1 Å². The van der Waals surface area contributed by atoms with Crippen molar-refractivity contribution in [2.45, 2.75) is 32.4 Å². The molecule has 0 spiro atoms. The van der Waals surface area contributed by atoms with Crippen LogP contribution in [0.5, 0.6) is 0 Å². The summed E-state index contributed by atoms with van der Waals surface area (Å²) in [6.45, 7) is 1.49. The van der Waals surface area contributed by atoms with E-state index in [-0.39, 0.29) is 24.0 Å². The van der Waals surface area contributed by atoms with E-state index in [9.17, 15) is 0 Å². The van der Waals surface area contributed by atoms with Crippen LogP contribution in [0.15, 0.2) is 53.7 Å². The number of hydrogen-bond donors (Lipinski definition) is 1. The second-order valence-electron chi connectivity index (χ2n) is 7.34. The SMILES string of the molecule is CN=C(NCc1nn(-c2ccccc2)c2c1CCC2)N(C)Cc1cccn1C.I. The number of hydrogen-bond acceptors (Lipinski definition) is 2. The molecule has 4 rings (SSSR count). The number of halogens is 1. The molecular formula is C22H29IN6. The number of aryl methyl sites for hydroxylation is 1. The van der Waals surface area contributed by atoms with Crippen LogP contribution in [0.2, 0.25) is 0 Å². The molecule has 1 aliphatic rings. The Morgan fingerprint density at radius 3 is 2.66 bits per heavy atom. The van der Waals surface area contributed by atoms with Gasteiger partial charge in [-0.2, -0.15) is 5.10 Å². The fourth-order valence-corrected chi connectivity index (χ4v) is 3.96. The minimum Gasteiger partial charge on any atom is -0.353 e. The zero-order chi connectivity index (χ0) is 19.5. The summed E-state index contributed by atoms with van der Waals surface area (Å²) in [5.41, 5.74) is 6.27. The van der Waals surface area contributed by atoms with Crippen molar-refractivity contribution >= 4 is 29.9 Å². The predicted molar refractivity (Wildman–Crippen MR) is 128 cm³/mol. The molecule has 0 aliphatic heterocycles. The summed E-state index contributed by atoms with van der Waals surface area (Å²) in [5.74, 6) is 0.877. The molecule has 6 nitrogen and oxygen atoms in total. The van der Waals surface area contributed by atoms with E-state index in [1.54, 1.807) is 0 Å². The van der Waals surface area contributed by atoms with Gasteiger partial charge >= 0.3 is 0 Å². The van der Waals surface area contributed by atoms with Crippen molar-refractivity contribution in [3.8, 4) is 5.69 Å². The number of aliphatic imine (C=N–C) groups is 1. The van der Waals surface area contributed by atoms with Gasteiger partial charge in [0.2, 0.25) is 0 Å². The van der Waals surface area contributed by atoms with E-state index < -0.39 is 0 Å². The monoisotopic (exact) mass is 504 g/mol. The molecule has 0 atom stereocenters. The summed E-state index contributed by atoms with van der Waals surface area (Å²) in [6, 6.07) is 14.6. The third kappa shape index (κ3) is 4.49. The van der Waals surface area contributed by atoms with E-state index in [1.165, 1.54) is 23.4 Å². The minimum absolute atomic E-state index is 0. The van der Waals surface area contributed by atoms with Gasteiger partial charge in [0.05, 0.1) is 24.5 Å². The highest BCUT2D eigenvalue weighted by Gasteiger charge is 2.23. The molecule has 0 radical (unpaired) electrons. The van der Waals surface area contributed by atoms with Crippen LogP contribution in [0.1, 0.15) is 29.1 Å². The molecule has 0 unspecified atom stereocenters. The third-order valence-electron chi connectivity index (χ3n) is 5.45. The van der Waals surface area contributed by atoms with E-state index in [2.05, 4.69) is 81.1 Å². The minimum atomic E-state index is 0. The molecule has 0 bridgehead atoms. The van der Waals surface area contributed by atoms with Gasteiger partial charge in [0.15, 0.2) is 5.96 Å². The van der Waals surface area contributed by atoms with Crippen LogP contribution in [-0.2, 0) is 33.0 Å². The topological polar surface area (TPSA) is 50.4 Å². The number of guanidine groups is 1. The Balaban J connectivity index is 0.00000240. The quantitative estimate of drug-likeness (QED) is 0.329. The molecule has 0 saturated carbocycles. The zero-order valence-electron chi connectivity index (χ0n) is 17.3. The Kier molecular flexibility index (Phi) is 7.00. The molecule has 0 amide bonds. The molecule has 154 valence electrons. The summed E-state index contributed by atoms with van der Waals surface area (Å²) in [5, 5.41) is 8.44. The summed E-state index contributed by atoms with van der Waals surface area (Å²) in [4.78, 5) is 6.60. The first-order valence-electron chi connectivity index (χ1n) is 9.84. The van der Waals surface area contributed by atoms with Crippen molar-refractivity contribution in [3.63, 3.8) is 0 Å². The number of nitrogens with zero attached hydrogens (tertiary/aromatic N) is 5. The second-order valence-corrected chi connectivity index (χ2v) is 7.34. The van der Waals surface area contributed by atoms with E-state index >= 15 is 0 Å². The van der Waals surface area contributed by atoms with E-state index in [1.807, 2.05) is 13.1 Å². The second kappa shape index (κ2) is 9.47. The Hall–Kier alpha value is -2.29. The number of fused-ring (bicyclic) bond motifs is 1. The first-order chi connectivity index (χ1) is 13.7. The lowest BCUT2D eigenvalue weighted by molar-refractivity contribution is 0.461. The van der Waals surface area contributed by atoms with E-state index in [0.717, 1.165) is 36.7 Å². The van der Waals surface area contributed by atoms with Gasteiger partial charge in [-0.25, -0.2) is 4.68 Å². The van der Waals surface area contributed by atoms with E-state index in [0.29, 0.717) is 6.54 Å². The Labute approximate surface area is 189 Å².